The normalized spacial score (nSPS) is 12.0. The molecule has 3 heterocycles. The van der Waals surface area contributed by atoms with Crippen molar-refractivity contribution >= 4 is 65.4 Å². The van der Waals surface area contributed by atoms with E-state index in [9.17, 15) is 0 Å². The molecule has 0 bridgehead atoms. The van der Waals surface area contributed by atoms with Gasteiger partial charge in [0.2, 0.25) is 0 Å². The second kappa shape index (κ2) is 10.4. The molecule has 11 aromatic rings. The summed E-state index contributed by atoms with van der Waals surface area (Å²) < 4.78 is 12.8. The Morgan fingerprint density at radius 1 is 0.300 bits per heavy atom. The number of aromatic nitrogens is 2. The minimum Gasteiger partial charge on any atom is -0.456 e. The van der Waals surface area contributed by atoms with Gasteiger partial charge in [-0.05, 0) is 81.2 Å². The van der Waals surface area contributed by atoms with E-state index in [4.69, 9.17) is 18.8 Å². The van der Waals surface area contributed by atoms with Crippen molar-refractivity contribution in [2.45, 2.75) is 0 Å². The lowest BCUT2D eigenvalue weighted by molar-refractivity contribution is 0.669. The van der Waals surface area contributed by atoms with Crippen molar-refractivity contribution in [3.8, 4) is 45.0 Å². The third-order valence-corrected chi connectivity index (χ3v) is 10.0. The van der Waals surface area contributed by atoms with Gasteiger partial charge in [-0.1, -0.05) is 109 Å². The molecule has 0 aliphatic carbocycles. The molecule has 0 radical (unpaired) electrons. The second-order valence-electron chi connectivity index (χ2n) is 12.9. The van der Waals surface area contributed by atoms with E-state index in [0.29, 0.717) is 5.82 Å². The average molecular weight is 639 g/mol. The first-order valence-corrected chi connectivity index (χ1v) is 16.8. The fourth-order valence-corrected chi connectivity index (χ4v) is 7.71. The van der Waals surface area contributed by atoms with Crippen molar-refractivity contribution < 1.29 is 8.83 Å². The Kier molecular flexibility index (Phi) is 5.63. The molecule has 0 aliphatic rings. The van der Waals surface area contributed by atoms with Gasteiger partial charge >= 0.3 is 0 Å². The first-order chi connectivity index (χ1) is 24.7. The van der Waals surface area contributed by atoms with Gasteiger partial charge in [0, 0.05) is 38.2 Å². The number of furan rings is 2. The molecular weight excluding hydrogens is 613 g/mol. The molecule has 50 heavy (non-hydrogen) atoms. The van der Waals surface area contributed by atoms with Crippen LogP contribution < -0.4 is 0 Å². The van der Waals surface area contributed by atoms with Gasteiger partial charge in [-0.3, -0.25) is 0 Å². The second-order valence-corrected chi connectivity index (χ2v) is 12.9. The summed E-state index contributed by atoms with van der Waals surface area (Å²) in [6, 6.07) is 54.8. The maximum atomic E-state index is 6.51. The highest BCUT2D eigenvalue weighted by Gasteiger charge is 2.19. The fraction of sp³-hybridized carbons (Fsp3) is 0. The van der Waals surface area contributed by atoms with Crippen molar-refractivity contribution in [3.05, 3.63) is 158 Å². The molecular formula is C46H26N2O2. The lowest BCUT2D eigenvalue weighted by atomic mass is 9.92. The molecule has 4 nitrogen and oxygen atoms in total. The van der Waals surface area contributed by atoms with E-state index in [0.717, 1.165) is 72.3 Å². The molecule has 8 aromatic carbocycles. The van der Waals surface area contributed by atoms with E-state index in [1.54, 1.807) is 0 Å². The topological polar surface area (TPSA) is 52.1 Å². The Morgan fingerprint density at radius 2 is 0.900 bits per heavy atom. The summed E-state index contributed by atoms with van der Waals surface area (Å²) in [5.41, 5.74) is 10.3. The van der Waals surface area contributed by atoms with Crippen LogP contribution >= 0.6 is 0 Å². The molecule has 0 fully saturated rings. The maximum absolute atomic E-state index is 6.51. The number of benzene rings is 8. The number of hydrogen-bond donors (Lipinski definition) is 0. The lowest BCUT2D eigenvalue weighted by Gasteiger charge is -2.12. The highest BCUT2D eigenvalue weighted by Crippen LogP contribution is 2.44. The molecule has 3 aromatic heterocycles. The zero-order valence-corrected chi connectivity index (χ0v) is 26.7. The third-order valence-electron chi connectivity index (χ3n) is 10.0. The van der Waals surface area contributed by atoms with Gasteiger partial charge < -0.3 is 8.83 Å². The van der Waals surface area contributed by atoms with E-state index in [2.05, 4.69) is 121 Å². The van der Waals surface area contributed by atoms with Crippen LogP contribution in [0.25, 0.3) is 110 Å². The predicted molar refractivity (Wildman–Crippen MR) is 205 cm³/mol. The minimum absolute atomic E-state index is 0.661. The van der Waals surface area contributed by atoms with Gasteiger partial charge in [0.05, 0.1) is 11.4 Å². The Hall–Kier alpha value is -6.78. The molecule has 4 heteroatoms. The molecule has 0 spiro atoms. The smallest absolute Gasteiger partial charge is 0.160 e. The minimum atomic E-state index is 0.661. The summed E-state index contributed by atoms with van der Waals surface area (Å²) in [6.07, 6.45) is 0. The van der Waals surface area contributed by atoms with Crippen LogP contribution in [0.15, 0.2) is 167 Å². The summed E-state index contributed by atoms with van der Waals surface area (Å²) in [4.78, 5) is 10.3. The summed E-state index contributed by atoms with van der Waals surface area (Å²) in [7, 11) is 0. The Bertz CT molecular complexity index is 3100. The van der Waals surface area contributed by atoms with Crippen LogP contribution in [0.5, 0.6) is 0 Å². The zero-order chi connectivity index (χ0) is 32.8. The van der Waals surface area contributed by atoms with E-state index >= 15 is 0 Å². The van der Waals surface area contributed by atoms with Crippen LogP contribution in [0.4, 0.5) is 0 Å². The van der Waals surface area contributed by atoms with Gasteiger partial charge in [-0.2, -0.15) is 0 Å². The summed E-state index contributed by atoms with van der Waals surface area (Å²) in [5, 5.41) is 9.45. The molecule has 0 saturated heterocycles. The van der Waals surface area contributed by atoms with Gasteiger partial charge in [0.15, 0.2) is 5.82 Å². The molecule has 0 aliphatic heterocycles. The van der Waals surface area contributed by atoms with Crippen molar-refractivity contribution in [3.63, 3.8) is 0 Å². The molecule has 0 N–H and O–H groups in total. The van der Waals surface area contributed by atoms with Gasteiger partial charge in [-0.25, -0.2) is 9.97 Å². The molecule has 0 amide bonds. The first kappa shape index (κ1) is 27.2. The van der Waals surface area contributed by atoms with Crippen molar-refractivity contribution in [2.75, 3.05) is 0 Å². The van der Waals surface area contributed by atoms with E-state index in [1.165, 1.54) is 32.3 Å². The molecule has 0 unspecified atom stereocenters. The summed E-state index contributed by atoms with van der Waals surface area (Å²) in [6.45, 7) is 0. The third kappa shape index (κ3) is 4.06. The van der Waals surface area contributed by atoms with Crippen LogP contribution in [0.2, 0.25) is 0 Å². The number of hydrogen-bond acceptors (Lipinski definition) is 4. The quantitative estimate of drug-likeness (QED) is 0.180. The van der Waals surface area contributed by atoms with Crippen LogP contribution in [-0.2, 0) is 0 Å². The SMILES string of the molecule is c1ccc(-c2cc(-c3ccc4c(c3)oc3ccccc34)nc(-c3cccc(-c4cc5oc6cccc7c8ccccc8c(c4)c5c67)c3)n2)cc1. The van der Waals surface area contributed by atoms with Crippen molar-refractivity contribution in [1.82, 2.24) is 9.97 Å². The highest BCUT2D eigenvalue weighted by atomic mass is 16.3. The van der Waals surface area contributed by atoms with E-state index < -0.39 is 0 Å². The monoisotopic (exact) mass is 638 g/mol. The molecule has 11 rings (SSSR count). The molecule has 232 valence electrons. The largest absolute Gasteiger partial charge is 0.456 e. The van der Waals surface area contributed by atoms with Gasteiger partial charge in [0.1, 0.15) is 22.3 Å². The number of para-hydroxylation sites is 1. The van der Waals surface area contributed by atoms with Crippen molar-refractivity contribution in [2.24, 2.45) is 0 Å². The Balaban J connectivity index is 1.09. The molecule has 0 saturated carbocycles. The standard InChI is InChI=1S/C46H26N2O2/c1-2-10-27(11-3-1)38-26-39(29-20-21-35-34-16-6-7-18-40(34)49-42(35)24-29)48-46(47-38)30-13-8-12-28(22-30)31-23-37-33-15-5-4-14-32(33)36-17-9-19-41-44(36)45(37)43(25-31)50-41/h1-26H. The van der Waals surface area contributed by atoms with E-state index in [1.807, 2.05) is 36.4 Å². The number of nitrogens with zero attached hydrogens (tertiary/aromatic N) is 2. The lowest BCUT2D eigenvalue weighted by Crippen LogP contribution is -1.96. The number of fused-ring (bicyclic) bond motifs is 6. The predicted octanol–water partition coefficient (Wildman–Crippen LogP) is 12.7. The van der Waals surface area contributed by atoms with Gasteiger partial charge in [0.25, 0.3) is 0 Å². The average Bonchev–Trinajstić information content (AvgIpc) is 3.76. The summed E-state index contributed by atoms with van der Waals surface area (Å²) in [5.74, 6) is 0.661. The fourth-order valence-electron chi connectivity index (χ4n) is 7.71. The van der Waals surface area contributed by atoms with Crippen LogP contribution in [0.1, 0.15) is 0 Å². The van der Waals surface area contributed by atoms with Crippen LogP contribution in [0.3, 0.4) is 0 Å². The Morgan fingerprint density at radius 3 is 1.78 bits per heavy atom. The maximum Gasteiger partial charge on any atom is 0.160 e. The summed E-state index contributed by atoms with van der Waals surface area (Å²) >= 11 is 0. The Labute approximate surface area is 286 Å². The van der Waals surface area contributed by atoms with Gasteiger partial charge in [-0.15, -0.1) is 0 Å². The van der Waals surface area contributed by atoms with Crippen LogP contribution in [0, 0.1) is 0 Å². The zero-order valence-electron chi connectivity index (χ0n) is 26.7. The van der Waals surface area contributed by atoms with E-state index in [-0.39, 0.29) is 0 Å². The van der Waals surface area contributed by atoms with Crippen molar-refractivity contribution in [1.29, 1.82) is 0 Å². The number of rotatable bonds is 4. The van der Waals surface area contributed by atoms with Crippen LogP contribution in [-0.4, -0.2) is 9.97 Å². The first-order valence-electron chi connectivity index (χ1n) is 16.8. The highest BCUT2D eigenvalue weighted by molar-refractivity contribution is 6.33. The molecule has 0 atom stereocenters.